The summed E-state index contributed by atoms with van der Waals surface area (Å²) in [6.07, 6.45) is 3.71. The number of nitrogens with zero attached hydrogens (tertiary/aromatic N) is 3. The molecule has 0 radical (unpaired) electrons. The minimum absolute atomic E-state index is 0.681. The Labute approximate surface area is 114 Å². The van der Waals surface area contributed by atoms with Gasteiger partial charge in [0.1, 0.15) is 0 Å². The van der Waals surface area contributed by atoms with Gasteiger partial charge in [0.25, 0.3) is 0 Å². The maximum atomic E-state index is 5.64. The molecule has 1 aromatic heterocycles. The zero-order valence-electron chi connectivity index (χ0n) is 11.4. The van der Waals surface area contributed by atoms with Crippen molar-refractivity contribution >= 4 is 16.5 Å². The predicted molar refractivity (Wildman–Crippen MR) is 78.0 cm³/mol. The molecule has 5 heteroatoms. The van der Waals surface area contributed by atoms with Crippen molar-refractivity contribution in [3.05, 3.63) is 11.1 Å². The molecule has 1 aliphatic rings. The van der Waals surface area contributed by atoms with Crippen molar-refractivity contribution in [3.63, 3.8) is 0 Å². The molecule has 0 aromatic carbocycles. The van der Waals surface area contributed by atoms with Crippen LogP contribution in [0.25, 0.3) is 0 Å². The van der Waals surface area contributed by atoms with Gasteiger partial charge in [-0.2, -0.15) is 0 Å². The molecule has 2 N–H and O–H groups in total. The summed E-state index contributed by atoms with van der Waals surface area (Å²) >= 11 is 1.53. The van der Waals surface area contributed by atoms with E-state index in [1.165, 1.54) is 43.8 Å². The van der Waals surface area contributed by atoms with Crippen molar-refractivity contribution < 1.29 is 0 Å². The molecule has 0 spiro atoms. The van der Waals surface area contributed by atoms with E-state index in [4.69, 9.17) is 5.73 Å². The van der Waals surface area contributed by atoms with Crippen molar-refractivity contribution in [2.24, 2.45) is 0 Å². The van der Waals surface area contributed by atoms with Gasteiger partial charge in [-0.3, -0.25) is 4.90 Å². The number of aromatic nitrogens is 1. The Hall–Kier alpha value is -0.650. The molecule has 0 saturated carbocycles. The third-order valence-electron chi connectivity index (χ3n) is 3.75. The van der Waals surface area contributed by atoms with Crippen LogP contribution < -0.4 is 5.73 Å². The topological polar surface area (TPSA) is 45.4 Å². The summed E-state index contributed by atoms with van der Waals surface area (Å²) in [7, 11) is 2.21. The van der Waals surface area contributed by atoms with Gasteiger partial charge in [0.2, 0.25) is 0 Å². The number of thiazole rings is 1. The van der Waals surface area contributed by atoms with Crippen LogP contribution in [0.15, 0.2) is 5.38 Å². The Morgan fingerprint density at radius 1 is 1.61 bits per heavy atom. The molecule has 102 valence electrons. The summed E-state index contributed by atoms with van der Waals surface area (Å²) in [5.74, 6) is 0. The number of nitrogens with two attached hydrogens (primary N) is 1. The summed E-state index contributed by atoms with van der Waals surface area (Å²) in [4.78, 5) is 9.32. The molecular formula is C13H24N4S. The van der Waals surface area contributed by atoms with Crippen molar-refractivity contribution in [1.82, 2.24) is 14.8 Å². The highest BCUT2D eigenvalue weighted by Crippen LogP contribution is 2.17. The molecular weight excluding hydrogens is 244 g/mol. The Bertz CT molecular complexity index is 366. The third kappa shape index (κ3) is 3.67. The molecule has 1 aliphatic heterocycles. The first-order chi connectivity index (χ1) is 8.69. The first-order valence-corrected chi connectivity index (χ1v) is 7.69. The smallest absolute Gasteiger partial charge is 0.180 e. The minimum atomic E-state index is 0.681. The first-order valence-electron chi connectivity index (χ1n) is 6.81. The monoisotopic (exact) mass is 268 g/mol. The number of hydrogen-bond acceptors (Lipinski definition) is 5. The van der Waals surface area contributed by atoms with Crippen LogP contribution >= 0.6 is 11.3 Å². The van der Waals surface area contributed by atoms with Gasteiger partial charge >= 0.3 is 0 Å². The predicted octanol–water partition coefficient (Wildman–Crippen LogP) is 1.68. The lowest BCUT2D eigenvalue weighted by Gasteiger charge is -2.27. The van der Waals surface area contributed by atoms with Crippen LogP contribution in [-0.4, -0.2) is 54.1 Å². The summed E-state index contributed by atoms with van der Waals surface area (Å²) < 4.78 is 0. The maximum Gasteiger partial charge on any atom is 0.180 e. The first kappa shape index (κ1) is 13.8. The summed E-state index contributed by atoms with van der Waals surface area (Å²) in [6.45, 7) is 6.96. The van der Waals surface area contributed by atoms with Crippen LogP contribution in [0.5, 0.6) is 0 Å². The summed E-state index contributed by atoms with van der Waals surface area (Å²) in [5.41, 5.74) is 6.77. The standard InChI is InChI=1S/C13H24N4S/c1-3-17-7-4-5-12(17)9-16(2)8-6-11-10-18-13(14)15-11/h10,12H,3-9H2,1-2H3,(H2,14,15). The van der Waals surface area contributed by atoms with Gasteiger partial charge in [-0.1, -0.05) is 6.92 Å². The van der Waals surface area contributed by atoms with Crippen molar-refractivity contribution in [1.29, 1.82) is 0 Å². The zero-order valence-corrected chi connectivity index (χ0v) is 12.2. The fraction of sp³-hybridized carbons (Fsp3) is 0.769. The molecule has 1 saturated heterocycles. The highest BCUT2D eigenvalue weighted by Gasteiger charge is 2.23. The van der Waals surface area contributed by atoms with E-state index in [2.05, 4.69) is 34.1 Å². The Morgan fingerprint density at radius 3 is 3.11 bits per heavy atom. The number of likely N-dealkylation sites (tertiary alicyclic amines) is 1. The molecule has 0 bridgehead atoms. The molecule has 1 unspecified atom stereocenters. The van der Waals surface area contributed by atoms with E-state index in [0.29, 0.717) is 5.13 Å². The average Bonchev–Trinajstić information content (AvgIpc) is 2.95. The number of likely N-dealkylation sites (N-methyl/N-ethyl adjacent to an activating group) is 2. The number of rotatable bonds is 6. The molecule has 1 atom stereocenters. The fourth-order valence-electron chi connectivity index (χ4n) is 2.71. The van der Waals surface area contributed by atoms with Gasteiger partial charge in [0.05, 0.1) is 5.69 Å². The van der Waals surface area contributed by atoms with E-state index in [9.17, 15) is 0 Å². The highest BCUT2D eigenvalue weighted by atomic mass is 32.1. The van der Waals surface area contributed by atoms with Crippen molar-refractivity contribution in [2.45, 2.75) is 32.2 Å². The largest absolute Gasteiger partial charge is 0.375 e. The second-order valence-electron chi connectivity index (χ2n) is 5.11. The molecule has 2 heterocycles. The maximum absolute atomic E-state index is 5.64. The van der Waals surface area contributed by atoms with Crippen molar-refractivity contribution in [2.75, 3.05) is 39.0 Å². The van der Waals surface area contributed by atoms with E-state index in [-0.39, 0.29) is 0 Å². The summed E-state index contributed by atoms with van der Waals surface area (Å²) in [6, 6.07) is 0.750. The van der Waals surface area contributed by atoms with E-state index >= 15 is 0 Å². The SMILES string of the molecule is CCN1CCCC1CN(C)CCc1csc(N)n1. The quantitative estimate of drug-likeness (QED) is 0.853. The van der Waals surface area contributed by atoms with Crippen LogP contribution in [0.4, 0.5) is 5.13 Å². The number of nitrogen functional groups attached to an aromatic ring is 1. The van der Waals surface area contributed by atoms with E-state index in [0.717, 1.165) is 24.7 Å². The van der Waals surface area contributed by atoms with Gasteiger partial charge in [-0.15, -0.1) is 11.3 Å². The van der Waals surface area contributed by atoms with E-state index in [1.807, 2.05) is 0 Å². The lowest BCUT2D eigenvalue weighted by Crippen LogP contribution is -2.39. The van der Waals surface area contributed by atoms with E-state index < -0.39 is 0 Å². The third-order valence-corrected chi connectivity index (χ3v) is 4.47. The summed E-state index contributed by atoms with van der Waals surface area (Å²) in [5, 5.41) is 2.75. The van der Waals surface area contributed by atoms with Gasteiger partial charge in [0.15, 0.2) is 5.13 Å². The van der Waals surface area contributed by atoms with Gasteiger partial charge in [-0.05, 0) is 33.0 Å². The van der Waals surface area contributed by atoms with Crippen LogP contribution in [-0.2, 0) is 6.42 Å². The van der Waals surface area contributed by atoms with Gasteiger partial charge < -0.3 is 10.6 Å². The van der Waals surface area contributed by atoms with Crippen molar-refractivity contribution in [3.8, 4) is 0 Å². The lowest BCUT2D eigenvalue weighted by atomic mass is 10.2. The van der Waals surface area contributed by atoms with Crippen LogP contribution in [0.1, 0.15) is 25.5 Å². The second kappa shape index (κ2) is 6.50. The average molecular weight is 268 g/mol. The van der Waals surface area contributed by atoms with Crippen LogP contribution in [0, 0.1) is 0 Å². The van der Waals surface area contributed by atoms with E-state index in [1.54, 1.807) is 0 Å². The molecule has 1 aromatic rings. The lowest BCUT2D eigenvalue weighted by molar-refractivity contribution is 0.199. The molecule has 2 rings (SSSR count). The molecule has 4 nitrogen and oxygen atoms in total. The number of hydrogen-bond donors (Lipinski definition) is 1. The Kier molecular flexibility index (Phi) is 4.97. The molecule has 0 amide bonds. The zero-order chi connectivity index (χ0) is 13.0. The normalized spacial score (nSPS) is 20.9. The number of anilines is 1. The molecule has 18 heavy (non-hydrogen) atoms. The molecule has 0 aliphatic carbocycles. The van der Waals surface area contributed by atoms with Crippen LogP contribution in [0.3, 0.4) is 0 Å². The molecule has 1 fully saturated rings. The Balaban J connectivity index is 1.73. The van der Waals surface area contributed by atoms with Gasteiger partial charge in [0, 0.05) is 30.9 Å². The highest BCUT2D eigenvalue weighted by molar-refractivity contribution is 7.13. The van der Waals surface area contributed by atoms with Gasteiger partial charge in [-0.25, -0.2) is 4.98 Å². The fourth-order valence-corrected chi connectivity index (χ4v) is 3.31. The minimum Gasteiger partial charge on any atom is -0.375 e. The Morgan fingerprint density at radius 2 is 2.44 bits per heavy atom. The van der Waals surface area contributed by atoms with Crippen LogP contribution in [0.2, 0.25) is 0 Å². The second-order valence-corrected chi connectivity index (χ2v) is 6.00.